The van der Waals surface area contributed by atoms with Crippen LogP contribution in [0.1, 0.15) is 45.4 Å². The molecule has 2 amide bonds. The number of ether oxygens (including phenoxy) is 1. The summed E-state index contributed by atoms with van der Waals surface area (Å²) in [4.78, 5) is 40.2. The maximum atomic E-state index is 13.1. The molecule has 1 spiro atoms. The molecule has 3 aliphatic carbocycles. The highest BCUT2D eigenvalue weighted by molar-refractivity contribution is 5.90. The van der Waals surface area contributed by atoms with Crippen molar-refractivity contribution >= 4 is 17.8 Å². The lowest BCUT2D eigenvalue weighted by Crippen LogP contribution is -2.42. The second-order valence-electron chi connectivity index (χ2n) is 9.26. The summed E-state index contributed by atoms with van der Waals surface area (Å²) in [6.07, 6.45) is 7.14. The smallest absolute Gasteiger partial charge is 0.311 e. The van der Waals surface area contributed by atoms with E-state index in [0.29, 0.717) is 19.6 Å². The fourth-order valence-electron chi connectivity index (χ4n) is 5.47. The van der Waals surface area contributed by atoms with Gasteiger partial charge in [0.15, 0.2) is 0 Å². The third kappa shape index (κ3) is 4.56. The predicted molar refractivity (Wildman–Crippen MR) is 117 cm³/mol. The molecule has 2 N–H and O–H groups in total. The van der Waals surface area contributed by atoms with Crippen molar-refractivity contribution in [3.63, 3.8) is 0 Å². The molecule has 2 unspecified atom stereocenters. The first-order valence-electron chi connectivity index (χ1n) is 11.4. The van der Waals surface area contributed by atoms with E-state index in [9.17, 15) is 19.5 Å². The first kappa shape index (κ1) is 23.5. The summed E-state index contributed by atoms with van der Waals surface area (Å²) in [6, 6.07) is -0.285. The van der Waals surface area contributed by atoms with Crippen LogP contribution in [0.25, 0.3) is 0 Å². The molecule has 7 nitrogen and oxygen atoms in total. The summed E-state index contributed by atoms with van der Waals surface area (Å²) in [6.45, 7) is 10.2. The van der Waals surface area contributed by atoms with Gasteiger partial charge >= 0.3 is 5.97 Å². The highest BCUT2D eigenvalue weighted by Crippen LogP contribution is 2.75. The van der Waals surface area contributed by atoms with Crippen LogP contribution in [-0.4, -0.2) is 60.1 Å². The summed E-state index contributed by atoms with van der Waals surface area (Å²) >= 11 is 0. The lowest BCUT2D eigenvalue weighted by molar-refractivity contribution is -0.145. The molecule has 0 aromatic heterocycles. The van der Waals surface area contributed by atoms with E-state index >= 15 is 0 Å². The highest BCUT2D eigenvalue weighted by atomic mass is 16.5. The van der Waals surface area contributed by atoms with Crippen molar-refractivity contribution in [3.8, 4) is 0 Å². The number of nitrogens with one attached hydrogen (secondary N) is 1. The quantitative estimate of drug-likeness (QED) is 0.296. The van der Waals surface area contributed by atoms with Crippen molar-refractivity contribution in [2.75, 3.05) is 20.2 Å². The molecule has 0 heterocycles. The molecule has 0 bridgehead atoms. The van der Waals surface area contributed by atoms with E-state index in [-0.39, 0.29) is 47.5 Å². The van der Waals surface area contributed by atoms with Crippen LogP contribution < -0.4 is 5.32 Å². The van der Waals surface area contributed by atoms with Gasteiger partial charge in [-0.3, -0.25) is 14.4 Å². The van der Waals surface area contributed by atoms with Gasteiger partial charge in [-0.1, -0.05) is 12.2 Å². The maximum Gasteiger partial charge on any atom is 0.311 e. The molecule has 3 saturated carbocycles. The average Bonchev–Trinajstić information content (AvgIpc) is 3.57. The Morgan fingerprint density at radius 2 is 1.94 bits per heavy atom. The number of carbonyl (C=O) groups is 3. The number of aliphatic hydroxyl groups is 1. The number of amides is 2. The van der Waals surface area contributed by atoms with Crippen LogP contribution in [0.2, 0.25) is 0 Å². The zero-order valence-electron chi connectivity index (χ0n) is 18.7. The van der Waals surface area contributed by atoms with Gasteiger partial charge in [-0.15, -0.1) is 13.2 Å². The van der Waals surface area contributed by atoms with Crippen LogP contribution in [0.15, 0.2) is 25.3 Å². The Morgan fingerprint density at radius 1 is 1.23 bits per heavy atom. The average molecular weight is 433 g/mol. The zero-order chi connectivity index (χ0) is 22.8. The topological polar surface area (TPSA) is 95.9 Å². The number of aliphatic hydroxyl groups excluding tert-OH is 1. The lowest BCUT2D eigenvalue weighted by Gasteiger charge is -2.24. The first-order valence-corrected chi connectivity index (χ1v) is 11.4. The van der Waals surface area contributed by atoms with Gasteiger partial charge in [0.05, 0.1) is 30.5 Å². The number of nitrogens with zero attached hydrogens (tertiary/aromatic N) is 1. The molecule has 0 aromatic carbocycles. The number of unbranched alkanes of at least 4 members (excludes halogenated alkanes) is 2. The van der Waals surface area contributed by atoms with E-state index in [1.165, 1.54) is 0 Å². The minimum atomic E-state index is -0.672. The molecular formula is C24H36N2O5. The lowest BCUT2D eigenvalue weighted by atomic mass is 9.93. The number of esters is 1. The minimum Gasteiger partial charge on any atom is -0.466 e. The molecule has 0 saturated heterocycles. The highest BCUT2D eigenvalue weighted by Gasteiger charge is 2.80. The number of allylic oxidation sites excluding steroid dienone is 2. The van der Waals surface area contributed by atoms with Crippen LogP contribution in [-0.2, 0) is 19.1 Å². The van der Waals surface area contributed by atoms with Crippen LogP contribution in [0.3, 0.4) is 0 Å². The minimum absolute atomic E-state index is 0.0989. The van der Waals surface area contributed by atoms with Gasteiger partial charge in [0.25, 0.3) is 0 Å². The second kappa shape index (κ2) is 9.55. The number of hydrogen-bond donors (Lipinski definition) is 2. The SMILES string of the molecule is C=CCCCCN(C)C(=O)[C@@H]1C[C@@H](O)C[C@H]1C(=O)NC1C(C(=O)OCC)[C@]12C[C@H]2C=C. The molecule has 3 rings (SSSR count). The van der Waals surface area contributed by atoms with E-state index in [1.807, 2.05) is 12.2 Å². The number of rotatable bonds is 11. The monoisotopic (exact) mass is 432 g/mol. The Hall–Kier alpha value is -2.15. The Labute approximate surface area is 184 Å². The Bertz CT molecular complexity index is 737. The van der Waals surface area contributed by atoms with Gasteiger partial charge in [-0.25, -0.2) is 0 Å². The predicted octanol–water partition coefficient (Wildman–Crippen LogP) is 2.06. The second-order valence-corrected chi connectivity index (χ2v) is 9.26. The molecular weight excluding hydrogens is 396 g/mol. The normalized spacial score (nSPS) is 35.3. The molecule has 0 radical (unpaired) electrons. The Morgan fingerprint density at radius 3 is 2.55 bits per heavy atom. The van der Waals surface area contributed by atoms with E-state index < -0.39 is 17.9 Å². The van der Waals surface area contributed by atoms with Crippen LogP contribution in [0.5, 0.6) is 0 Å². The van der Waals surface area contributed by atoms with Crippen molar-refractivity contribution in [1.29, 1.82) is 0 Å². The molecule has 3 fully saturated rings. The fourth-order valence-corrected chi connectivity index (χ4v) is 5.47. The Balaban J connectivity index is 1.62. The van der Waals surface area contributed by atoms with E-state index in [0.717, 1.165) is 25.7 Å². The van der Waals surface area contributed by atoms with Crippen molar-refractivity contribution in [2.45, 2.75) is 57.6 Å². The summed E-state index contributed by atoms with van der Waals surface area (Å²) in [5, 5.41) is 13.2. The van der Waals surface area contributed by atoms with Gasteiger partial charge < -0.3 is 20.1 Å². The maximum absolute atomic E-state index is 13.1. The van der Waals surface area contributed by atoms with Gasteiger partial charge in [0.2, 0.25) is 11.8 Å². The van der Waals surface area contributed by atoms with E-state index in [1.54, 1.807) is 18.9 Å². The third-order valence-corrected chi connectivity index (χ3v) is 7.33. The molecule has 31 heavy (non-hydrogen) atoms. The molecule has 7 heteroatoms. The van der Waals surface area contributed by atoms with Crippen molar-refractivity contribution in [3.05, 3.63) is 25.3 Å². The molecule has 0 aromatic rings. The van der Waals surface area contributed by atoms with Gasteiger partial charge in [-0.05, 0) is 51.4 Å². The van der Waals surface area contributed by atoms with E-state index in [2.05, 4.69) is 18.5 Å². The summed E-state index contributed by atoms with van der Waals surface area (Å²) in [5.74, 6) is -1.91. The van der Waals surface area contributed by atoms with Crippen molar-refractivity contribution in [2.24, 2.45) is 29.1 Å². The van der Waals surface area contributed by atoms with Crippen LogP contribution >= 0.6 is 0 Å². The van der Waals surface area contributed by atoms with Gasteiger partial charge in [0, 0.05) is 25.0 Å². The van der Waals surface area contributed by atoms with E-state index in [4.69, 9.17) is 4.74 Å². The standard InChI is InChI=1S/C24H36N2O5/c1-5-8-9-10-11-26(4)22(29)18-13-16(27)12-17(18)21(28)25-20-19(23(30)31-7-3)24(20)14-15(24)6-2/h5-6,15-20,27H,1-2,7-14H2,3-4H3,(H,25,28)/t15-,16+,17-,18-,19?,20?,24-/m1/s1. The van der Waals surface area contributed by atoms with Crippen molar-refractivity contribution in [1.82, 2.24) is 10.2 Å². The Kier molecular flexibility index (Phi) is 7.24. The molecule has 0 aliphatic heterocycles. The first-order chi connectivity index (χ1) is 14.8. The third-order valence-electron chi connectivity index (χ3n) is 7.33. The molecule has 7 atom stereocenters. The van der Waals surface area contributed by atoms with Crippen LogP contribution in [0.4, 0.5) is 0 Å². The molecule has 172 valence electrons. The van der Waals surface area contributed by atoms with Crippen LogP contribution in [0, 0.1) is 29.1 Å². The largest absolute Gasteiger partial charge is 0.466 e. The fraction of sp³-hybridized carbons (Fsp3) is 0.708. The summed E-state index contributed by atoms with van der Waals surface area (Å²) in [5.41, 5.74) is -0.275. The number of hydrogen-bond acceptors (Lipinski definition) is 5. The number of carbonyl (C=O) groups excluding carboxylic acids is 3. The summed E-state index contributed by atoms with van der Waals surface area (Å²) in [7, 11) is 1.75. The van der Waals surface area contributed by atoms with Gasteiger partial charge in [-0.2, -0.15) is 0 Å². The zero-order valence-corrected chi connectivity index (χ0v) is 18.7. The van der Waals surface area contributed by atoms with Crippen molar-refractivity contribution < 1.29 is 24.2 Å². The molecule has 3 aliphatic rings. The van der Waals surface area contributed by atoms with Gasteiger partial charge in [0.1, 0.15) is 0 Å². The summed E-state index contributed by atoms with van der Waals surface area (Å²) < 4.78 is 5.20.